The van der Waals surface area contributed by atoms with Gasteiger partial charge in [-0.3, -0.25) is 14.5 Å². The van der Waals surface area contributed by atoms with Gasteiger partial charge in [0, 0.05) is 37.9 Å². The van der Waals surface area contributed by atoms with Gasteiger partial charge in [-0.05, 0) is 37.6 Å². The summed E-state index contributed by atoms with van der Waals surface area (Å²) >= 11 is 6.25. The van der Waals surface area contributed by atoms with Crippen molar-refractivity contribution in [2.24, 2.45) is 0 Å². The van der Waals surface area contributed by atoms with Crippen LogP contribution in [0.25, 0.3) is 0 Å². The fraction of sp³-hybridized carbons (Fsp3) is 0.364. The van der Waals surface area contributed by atoms with Crippen LogP contribution in [-0.2, 0) is 19.6 Å². The normalized spacial score (nSPS) is 18.1. The van der Waals surface area contributed by atoms with E-state index in [2.05, 4.69) is 10.6 Å². The first-order chi connectivity index (χ1) is 15.6. The molecule has 4 rings (SSSR count). The summed E-state index contributed by atoms with van der Waals surface area (Å²) < 4.78 is 33.2. The molecule has 0 spiro atoms. The lowest BCUT2D eigenvalue weighted by atomic mass is 10.2. The van der Waals surface area contributed by atoms with Crippen LogP contribution in [0.1, 0.15) is 12.5 Å². The van der Waals surface area contributed by atoms with Gasteiger partial charge in [0.2, 0.25) is 15.9 Å². The zero-order valence-corrected chi connectivity index (χ0v) is 19.9. The maximum atomic E-state index is 13.2. The molecule has 1 atom stereocenters. The third kappa shape index (κ3) is 4.98. The van der Waals surface area contributed by atoms with Crippen molar-refractivity contribution in [3.05, 3.63) is 47.0 Å². The molecule has 1 saturated heterocycles. The summed E-state index contributed by atoms with van der Waals surface area (Å²) in [6.45, 7) is 4.81. The zero-order chi connectivity index (χ0) is 23.8. The van der Waals surface area contributed by atoms with Crippen LogP contribution >= 0.6 is 11.6 Å². The molecule has 2 amide bonds. The van der Waals surface area contributed by atoms with Gasteiger partial charge in [-0.2, -0.15) is 4.31 Å². The van der Waals surface area contributed by atoms with E-state index in [0.717, 1.165) is 11.3 Å². The van der Waals surface area contributed by atoms with E-state index in [-0.39, 0.29) is 47.2 Å². The average Bonchev–Trinajstić information content (AvgIpc) is 2.78. The number of hydrogen-bond acceptors (Lipinski definition) is 6. The van der Waals surface area contributed by atoms with Crippen molar-refractivity contribution in [3.8, 4) is 5.75 Å². The SMILES string of the molecule is Cc1cccc(NC(=O)C(C)N2CCN(S(=O)(=O)c3cc4c(cc3Cl)NC(=O)CO4)CC2)c1. The van der Waals surface area contributed by atoms with Gasteiger partial charge in [0.25, 0.3) is 5.91 Å². The molecule has 2 aromatic rings. The molecule has 0 saturated carbocycles. The van der Waals surface area contributed by atoms with Gasteiger partial charge in [-0.15, -0.1) is 0 Å². The van der Waals surface area contributed by atoms with E-state index in [1.165, 1.54) is 16.4 Å². The lowest BCUT2D eigenvalue weighted by Gasteiger charge is -2.37. The lowest BCUT2D eigenvalue weighted by Crippen LogP contribution is -2.53. The molecule has 2 aromatic carbocycles. The summed E-state index contributed by atoms with van der Waals surface area (Å²) in [5.74, 6) is -0.211. The van der Waals surface area contributed by atoms with E-state index in [4.69, 9.17) is 16.3 Å². The Morgan fingerprint density at radius 1 is 1.18 bits per heavy atom. The number of fused-ring (bicyclic) bond motifs is 1. The van der Waals surface area contributed by atoms with Crippen molar-refractivity contribution in [1.82, 2.24) is 9.21 Å². The third-order valence-corrected chi connectivity index (χ3v) is 8.13. The number of carbonyl (C=O) groups excluding carboxylic acids is 2. The topological polar surface area (TPSA) is 108 Å². The highest BCUT2D eigenvalue weighted by atomic mass is 35.5. The van der Waals surface area contributed by atoms with Crippen LogP contribution in [0.4, 0.5) is 11.4 Å². The van der Waals surface area contributed by atoms with Gasteiger partial charge >= 0.3 is 0 Å². The second-order valence-corrected chi connectivity index (χ2v) is 10.4. The Bertz CT molecular complexity index is 1200. The Kier molecular flexibility index (Phi) is 6.62. The van der Waals surface area contributed by atoms with Gasteiger partial charge in [0.15, 0.2) is 6.61 Å². The number of halogens is 1. The number of carbonyl (C=O) groups is 2. The van der Waals surface area contributed by atoms with Gasteiger partial charge in [0.05, 0.1) is 16.8 Å². The number of hydrogen-bond donors (Lipinski definition) is 2. The number of sulfonamides is 1. The summed E-state index contributed by atoms with van der Waals surface area (Å²) in [6.07, 6.45) is 0. The van der Waals surface area contributed by atoms with E-state index in [9.17, 15) is 18.0 Å². The minimum absolute atomic E-state index is 0.00730. The second kappa shape index (κ2) is 9.30. The zero-order valence-electron chi connectivity index (χ0n) is 18.3. The Morgan fingerprint density at radius 2 is 1.91 bits per heavy atom. The molecule has 0 bridgehead atoms. The van der Waals surface area contributed by atoms with E-state index in [1.807, 2.05) is 36.1 Å². The molecule has 0 aliphatic carbocycles. The first-order valence-electron chi connectivity index (χ1n) is 10.5. The number of anilines is 2. The highest BCUT2D eigenvalue weighted by Gasteiger charge is 2.34. The lowest BCUT2D eigenvalue weighted by molar-refractivity contribution is -0.121. The summed E-state index contributed by atoms with van der Waals surface area (Å²) in [5, 5.41) is 5.53. The minimum atomic E-state index is -3.88. The molecule has 2 N–H and O–H groups in total. The molecule has 11 heteroatoms. The molecule has 2 heterocycles. The van der Waals surface area contributed by atoms with Crippen LogP contribution in [-0.4, -0.2) is 68.3 Å². The molecular weight excluding hydrogens is 468 g/mol. The fourth-order valence-electron chi connectivity index (χ4n) is 3.88. The maximum absolute atomic E-state index is 13.2. The molecule has 176 valence electrons. The molecule has 0 radical (unpaired) electrons. The van der Waals surface area contributed by atoms with Gasteiger partial charge in [-0.1, -0.05) is 23.7 Å². The fourth-order valence-corrected chi connectivity index (χ4v) is 5.82. The van der Waals surface area contributed by atoms with Gasteiger partial charge in [0.1, 0.15) is 10.6 Å². The quantitative estimate of drug-likeness (QED) is 0.663. The molecule has 9 nitrogen and oxygen atoms in total. The highest BCUT2D eigenvalue weighted by molar-refractivity contribution is 7.89. The molecule has 2 aliphatic heterocycles. The molecule has 33 heavy (non-hydrogen) atoms. The summed E-state index contributed by atoms with van der Waals surface area (Å²) in [7, 11) is -3.88. The third-order valence-electron chi connectivity index (χ3n) is 5.77. The largest absolute Gasteiger partial charge is 0.482 e. The van der Waals surface area contributed by atoms with Crippen LogP contribution in [0, 0.1) is 6.92 Å². The van der Waals surface area contributed by atoms with Gasteiger partial charge in [-0.25, -0.2) is 8.42 Å². The van der Waals surface area contributed by atoms with Crippen molar-refractivity contribution >= 4 is 44.8 Å². The molecular formula is C22H25ClN4O5S. The number of ether oxygens (including phenoxy) is 1. The van der Waals surface area contributed by atoms with Crippen LogP contribution in [0.15, 0.2) is 41.3 Å². The summed E-state index contributed by atoms with van der Waals surface area (Å²) in [4.78, 5) is 26.0. The number of rotatable bonds is 5. The number of amides is 2. The second-order valence-electron chi connectivity index (χ2n) is 8.09. The number of piperazine rings is 1. The van der Waals surface area contributed by atoms with Crippen molar-refractivity contribution in [3.63, 3.8) is 0 Å². The highest BCUT2D eigenvalue weighted by Crippen LogP contribution is 2.37. The van der Waals surface area contributed by atoms with Crippen LogP contribution < -0.4 is 15.4 Å². The Labute approximate surface area is 197 Å². The smallest absolute Gasteiger partial charge is 0.262 e. The Balaban J connectivity index is 1.42. The van der Waals surface area contributed by atoms with Crippen molar-refractivity contribution in [1.29, 1.82) is 0 Å². The number of benzene rings is 2. The van der Waals surface area contributed by atoms with E-state index >= 15 is 0 Å². The first kappa shape index (κ1) is 23.5. The van der Waals surface area contributed by atoms with Crippen LogP contribution in [0.2, 0.25) is 5.02 Å². The standard InChI is InChI=1S/C22H25ClN4O5S/c1-14-4-3-5-16(10-14)24-22(29)15(2)26-6-8-27(9-7-26)33(30,31)20-12-19-18(11-17(20)23)25-21(28)13-32-19/h3-5,10-12,15H,6-9,13H2,1-2H3,(H,24,29)(H,25,28). The van der Waals surface area contributed by atoms with E-state index in [0.29, 0.717) is 18.8 Å². The minimum Gasteiger partial charge on any atom is -0.482 e. The number of nitrogens with one attached hydrogen (secondary N) is 2. The molecule has 0 aromatic heterocycles. The van der Waals surface area contributed by atoms with Crippen molar-refractivity contribution in [2.45, 2.75) is 24.8 Å². The molecule has 1 fully saturated rings. The summed E-state index contributed by atoms with van der Waals surface area (Å²) in [6, 6.07) is 9.87. The van der Waals surface area contributed by atoms with E-state index in [1.54, 1.807) is 6.92 Å². The van der Waals surface area contributed by atoms with E-state index < -0.39 is 16.1 Å². The molecule has 1 unspecified atom stereocenters. The Hall–Kier alpha value is -2.66. The predicted molar refractivity (Wildman–Crippen MR) is 125 cm³/mol. The average molecular weight is 493 g/mol. The van der Waals surface area contributed by atoms with Crippen molar-refractivity contribution < 1.29 is 22.7 Å². The number of nitrogens with zero attached hydrogens (tertiary/aromatic N) is 2. The van der Waals surface area contributed by atoms with Crippen LogP contribution in [0.3, 0.4) is 0 Å². The molecule has 2 aliphatic rings. The maximum Gasteiger partial charge on any atom is 0.262 e. The van der Waals surface area contributed by atoms with Crippen LogP contribution in [0.5, 0.6) is 5.75 Å². The monoisotopic (exact) mass is 492 g/mol. The Morgan fingerprint density at radius 3 is 2.61 bits per heavy atom. The number of aryl methyl sites for hydroxylation is 1. The van der Waals surface area contributed by atoms with Gasteiger partial charge < -0.3 is 15.4 Å². The van der Waals surface area contributed by atoms with Crippen molar-refractivity contribution in [2.75, 3.05) is 43.4 Å². The summed E-state index contributed by atoms with van der Waals surface area (Å²) in [5.41, 5.74) is 2.12. The predicted octanol–water partition coefficient (Wildman–Crippen LogP) is 2.31. The first-order valence-corrected chi connectivity index (χ1v) is 12.3.